The second-order valence-corrected chi connectivity index (χ2v) is 8.94. The van der Waals surface area contributed by atoms with E-state index in [0.29, 0.717) is 18.0 Å². The SMILES string of the molecule is CC1=C(C)C[C@@H](C(=O)Nc2nc(-c3ccc(C)c(C)c3)c(C)s2)[C@@H](C(=O)O)C1. The first-order valence-corrected chi connectivity index (χ1v) is 10.2. The zero-order chi connectivity index (χ0) is 20.6. The number of amides is 1. The number of aromatic nitrogens is 1. The predicted molar refractivity (Wildman–Crippen MR) is 113 cm³/mol. The summed E-state index contributed by atoms with van der Waals surface area (Å²) in [7, 11) is 0. The van der Waals surface area contributed by atoms with E-state index < -0.39 is 17.8 Å². The first-order valence-electron chi connectivity index (χ1n) is 9.41. The van der Waals surface area contributed by atoms with Crippen molar-refractivity contribution in [3.63, 3.8) is 0 Å². The number of hydrogen-bond acceptors (Lipinski definition) is 4. The molecule has 0 aliphatic heterocycles. The predicted octanol–water partition coefficient (Wildman–Crippen LogP) is 5.12. The molecular formula is C22H26N2O3S. The number of carboxylic acid groups (broad SMARTS) is 1. The van der Waals surface area contributed by atoms with Crippen LogP contribution in [0, 0.1) is 32.6 Å². The number of aliphatic carboxylic acids is 1. The number of thiazole rings is 1. The fourth-order valence-corrected chi connectivity index (χ4v) is 4.47. The van der Waals surface area contributed by atoms with E-state index in [-0.39, 0.29) is 5.91 Å². The van der Waals surface area contributed by atoms with E-state index in [1.54, 1.807) is 0 Å². The van der Waals surface area contributed by atoms with E-state index in [2.05, 4.69) is 36.3 Å². The highest BCUT2D eigenvalue weighted by Crippen LogP contribution is 2.36. The lowest BCUT2D eigenvalue weighted by Crippen LogP contribution is -2.36. The molecule has 0 bridgehead atoms. The van der Waals surface area contributed by atoms with Crippen molar-refractivity contribution in [2.45, 2.75) is 47.5 Å². The summed E-state index contributed by atoms with van der Waals surface area (Å²) in [6.07, 6.45) is 0.896. The van der Waals surface area contributed by atoms with Crippen LogP contribution in [0.3, 0.4) is 0 Å². The van der Waals surface area contributed by atoms with Gasteiger partial charge in [0.2, 0.25) is 5.91 Å². The van der Waals surface area contributed by atoms with E-state index in [4.69, 9.17) is 0 Å². The lowest BCUT2D eigenvalue weighted by Gasteiger charge is -2.29. The molecular weight excluding hydrogens is 372 g/mol. The average molecular weight is 399 g/mol. The van der Waals surface area contributed by atoms with Crippen molar-refractivity contribution >= 4 is 28.3 Å². The van der Waals surface area contributed by atoms with E-state index in [9.17, 15) is 14.7 Å². The Morgan fingerprint density at radius 2 is 1.68 bits per heavy atom. The summed E-state index contributed by atoms with van der Waals surface area (Å²) in [6, 6.07) is 6.20. The molecule has 1 amide bonds. The standard InChI is InChI=1S/C22H26N2O3S/c1-11-6-7-16(8-12(11)2)19-15(5)28-22(23-19)24-20(25)17-9-13(3)14(4)10-18(17)21(26)27/h6-8,17-18H,9-10H2,1-5H3,(H,26,27)(H,23,24,25)/t17-,18+/m1/s1. The van der Waals surface area contributed by atoms with Gasteiger partial charge in [-0.25, -0.2) is 4.98 Å². The van der Waals surface area contributed by atoms with Crippen LogP contribution in [-0.2, 0) is 9.59 Å². The van der Waals surface area contributed by atoms with Crippen molar-refractivity contribution in [2.75, 3.05) is 5.32 Å². The number of aryl methyl sites for hydroxylation is 3. The average Bonchev–Trinajstić information content (AvgIpc) is 2.99. The molecule has 1 heterocycles. The minimum absolute atomic E-state index is 0.264. The van der Waals surface area contributed by atoms with E-state index in [1.807, 2.05) is 26.8 Å². The highest BCUT2D eigenvalue weighted by molar-refractivity contribution is 7.16. The van der Waals surface area contributed by atoms with Crippen molar-refractivity contribution in [1.82, 2.24) is 4.98 Å². The molecule has 0 spiro atoms. The molecule has 0 unspecified atom stereocenters. The Labute approximate surface area is 169 Å². The number of nitrogens with zero attached hydrogens (tertiary/aromatic N) is 1. The van der Waals surface area contributed by atoms with Crippen molar-refractivity contribution in [3.8, 4) is 11.3 Å². The Morgan fingerprint density at radius 1 is 1.04 bits per heavy atom. The lowest BCUT2D eigenvalue weighted by molar-refractivity contribution is -0.146. The van der Waals surface area contributed by atoms with Crippen molar-refractivity contribution in [1.29, 1.82) is 0 Å². The topological polar surface area (TPSA) is 79.3 Å². The highest BCUT2D eigenvalue weighted by Gasteiger charge is 2.37. The second kappa shape index (κ2) is 7.87. The van der Waals surface area contributed by atoms with E-state index in [0.717, 1.165) is 27.3 Å². The van der Waals surface area contributed by atoms with Crippen LogP contribution in [0.5, 0.6) is 0 Å². The van der Waals surface area contributed by atoms with Crippen LogP contribution in [0.2, 0.25) is 0 Å². The molecule has 1 aromatic carbocycles. The summed E-state index contributed by atoms with van der Waals surface area (Å²) >= 11 is 1.42. The van der Waals surface area contributed by atoms with Crippen molar-refractivity contribution in [2.24, 2.45) is 11.8 Å². The van der Waals surface area contributed by atoms with Gasteiger partial charge in [-0.2, -0.15) is 0 Å². The van der Waals surface area contributed by atoms with Gasteiger partial charge in [0.05, 0.1) is 17.5 Å². The zero-order valence-corrected chi connectivity index (χ0v) is 17.7. The van der Waals surface area contributed by atoms with Gasteiger partial charge in [0.15, 0.2) is 5.13 Å². The molecule has 0 radical (unpaired) electrons. The summed E-state index contributed by atoms with van der Waals surface area (Å²) < 4.78 is 0. The summed E-state index contributed by atoms with van der Waals surface area (Å²) in [5.74, 6) is -2.45. The quantitative estimate of drug-likeness (QED) is 0.701. The van der Waals surface area contributed by atoms with Crippen LogP contribution < -0.4 is 5.32 Å². The number of carboxylic acids is 1. The van der Waals surface area contributed by atoms with Gasteiger partial charge < -0.3 is 10.4 Å². The third-order valence-electron chi connectivity index (χ3n) is 5.73. The largest absolute Gasteiger partial charge is 0.481 e. The molecule has 2 atom stereocenters. The number of rotatable bonds is 4. The smallest absolute Gasteiger partial charge is 0.307 e. The molecule has 0 saturated heterocycles. The third kappa shape index (κ3) is 4.02. The molecule has 2 aromatic rings. The Balaban J connectivity index is 1.83. The number of allylic oxidation sites excluding steroid dienone is 2. The molecule has 1 aliphatic carbocycles. The molecule has 3 rings (SSSR count). The summed E-state index contributed by atoms with van der Waals surface area (Å²) in [4.78, 5) is 30.2. The summed E-state index contributed by atoms with van der Waals surface area (Å²) in [5.41, 5.74) is 6.46. The molecule has 28 heavy (non-hydrogen) atoms. The molecule has 6 heteroatoms. The minimum Gasteiger partial charge on any atom is -0.481 e. The molecule has 0 saturated carbocycles. The summed E-state index contributed by atoms with van der Waals surface area (Å²) in [5, 5.41) is 12.9. The molecule has 1 aromatic heterocycles. The van der Waals surface area contributed by atoms with Gasteiger partial charge in [-0.3, -0.25) is 9.59 Å². The van der Waals surface area contributed by atoms with Crippen LogP contribution in [0.1, 0.15) is 42.7 Å². The lowest BCUT2D eigenvalue weighted by atomic mass is 9.76. The molecule has 5 nitrogen and oxygen atoms in total. The Morgan fingerprint density at radius 3 is 2.29 bits per heavy atom. The molecule has 0 fully saturated rings. The number of benzene rings is 1. The summed E-state index contributed by atoms with van der Waals surface area (Å²) in [6.45, 7) is 10.0. The van der Waals surface area contributed by atoms with Gasteiger partial charge >= 0.3 is 5.97 Å². The van der Waals surface area contributed by atoms with Gasteiger partial charge in [0.1, 0.15) is 0 Å². The fourth-order valence-electron chi connectivity index (χ4n) is 3.63. The van der Waals surface area contributed by atoms with Crippen LogP contribution in [0.4, 0.5) is 5.13 Å². The fraction of sp³-hybridized carbons (Fsp3) is 0.409. The van der Waals surface area contributed by atoms with Crippen LogP contribution in [0.15, 0.2) is 29.3 Å². The second-order valence-electron chi connectivity index (χ2n) is 7.73. The maximum absolute atomic E-state index is 12.9. The first-order chi connectivity index (χ1) is 13.2. The number of hydrogen-bond donors (Lipinski definition) is 2. The minimum atomic E-state index is -0.918. The van der Waals surface area contributed by atoms with Crippen LogP contribution in [-0.4, -0.2) is 22.0 Å². The van der Waals surface area contributed by atoms with Crippen molar-refractivity contribution < 1.29 is 14.7 Å². The number of nitrogens with one attached hydrogen (secondary N) is 1. The maximum Gasteiger partial charge on any atom is 0.307 e. The number of carbonyl (C=O) groups is 2. The number of anilines is 1. The van der Waals surface area contributed by atoms with Crippen molar-refractivity contribution in [3.05, 3.63) is 45.3 Å². The van der Waals surface area contributed by atoms with E-state index in [1.165, 1.54) is 22.5 Å². The highest BCUT2D eigenvalue weighted by atomic mass is 32.1. The van der Waals surface area contributed by atoms with Gasteiger partial charge in [-0.1, -0.05) is 23.3 Å². The maximum atomic E-state index is 12.9. The molecule has 1 aliphatic rings. The molecule has 148 valence electrons. The first kappa shape index (κ1) is 20.3. The van der Waals surface area contributed by atoms with Crippen LogP contribution in [0.25, 0.3) is 11.3 Å². The number of carbonyl (C=O) groups excluding carboxylic acids is 1. The van der Waals surface area contributed by atoms with Crippen LogP contribution >= 0.6 is 11.3 Å². The Hall–Kier alpha value is -2.47. The van der Waals surface area contributed by atoms with Gasteiger partial charge in [-0.15, -0.1) is 11.3 Å². The monoisotopic (exact) mass is 398 g/mol. The Kier molecular flexibility index (Phi) is 5.70. The van der Waals surface area contributed by atoms with Gasteiger partial charge in [0, 0.05) is 10.4 Å². The third-order valence-corrected chi connectivity index (χ3v) is 6.61. The normalized spacial score (nSPS) is 19.6. The zero-order valence-electron chi connectivity index (χ0n) is 16.9. The van der Waals surface area contributed by atoms with Gasteiger partial charge in [-0.05, 0) is 64.7 Å². The van der Waals surface area contributed by atoms with Gasteiger partial charge in [0.25, 0.3) is 0 Å². The Bertz CT molecular complexity index is 974. The molecule has 2 N–H and O–H groups in total. The van der Waals surface area contributed by atoms with E-state index >= 15 is 0 Å².